The van der Waals surface area contributed by atoms with Crippen LogP contribution >= 0.6 is 23.2 Å². The highest BCUT2D eigenvalue weighted by molar-refractivity contribution is 6.38. The normalized spacial score (nSPS) is 14.9. The first kappa shape index (κ1) is 23.1. The largest absolute Gasteiger partial charge is 0.464 e. The van der Waals surface area contributed by atoms with Crippen LogP contribution < -0.4 is 0 Å². The summed E-state index contributed by atoms with van der Waals surface area (Å²) >= 11 is 11.1. The van der Waals surface area contributed by atoms with Crippen molar-refractivity contribution in [3.05, 3.63) is 32.6 Å². The van der Waals surface area contributed by atoms with Gasteiger partial charge in [0.1, 0.15) is 5.69 Å². The van der Waals surface area contributed by atoms with E-state index >= 15 is 0 Å². The van der Waals surface area contributed by atoms with Crippen LogP contribution in [-0.2, 0) is 15.7 Å². The van der Waals surface area contributed by atoms with Gasteiger partial charge in [0.05, 0.1) is 22.2 Å². The Bertz CT molecular complexity index is 716. The lowest BCUT2D eigenvalue weighted by atomic mass is 10.1. The van der Waals surface area contributed by atoms with E-state index in [0.717, 1.165) is 0 Å². The molecule has 1 aromatic rings. The van der Waals surface area contributed by atoms with E-state index in [1.807, 2.05) is 0 Å². The van der Waals surface area contributed by atoms with E-state index in [1.54, 1.807) is 0 Å². The van der Waals surface area contributed by atoms with Gasteiger partial charge in [-0.1, -0.05) is 28.4 Å². The molecule has 0 aromatic heterocycles. The van der Waals surface area contributed by atoms with Gasteiger partial charge in [0.25, 0.3) is 0 Å². The van der Waals surface area contributed by atoms with Crippen molar-refractivity contribution in [2.45, 2.75) is 31.4 Å². The molecule has 0 spiro atoms. The van der Waals surface area contributed by atoms with Gasteiger partial charge in [-0.3, -0.25) is 0 Å². The zero-order chi connectivity index (χ0) is 21.0. The minimum absolute atomic E-state index is 0.330. The molecule has 1 aromatic carbocycles. The van der Waals surface area contributed by atoms with Crippen LogP contribution in [0.1, 0.15) is 12.5 Å². The summed E-state index contributed by atoms with van der Waals surface area (Å²) < 4.78 is 81.6. The summed E-state index contributed by atoms with van der Waals surface area (Å²) in [7, 11) is 0. The van der Waals surface area contributed by atoms with Crippen molar-refractivity contribution in [3.63, 3.8) is 0 Å². The van der Waals surface area contributed by atoms with Gasteiger partial charge in [0.2, 0.25) is 12.1 Å². The van der Waals surface area contributed by atoms with Gasteiger partial charge in [-0.05, 0) is 19.1 Å². The summed E-state index contributed by atoms with van der Waals surface area (Å²) in [6.45, 7) is 0.953. The second-order valence-electron chi connectivity index (χ2n) is 4.79. The molecule has 0 N–H and O–H groups in total. The molecule has 0 aliphatic heterocycles. The Hall–Kier alpha value is -1.95. The van der Waals surface area contributed by atoms with Gasteiger partial charge in [0, 0.05) is 0 Å². The zero-order valence-corrected chi connectivity index (χ0v) is 14.6. The molecule has 2 unspecified atom stereocenters. The predicted octanol–water partition coefficient (Wildman–Crippen LogP) is 5.72. The molecule has 6 nitrogen and oxygen atoms in total. The number of carbonyl (C=O) groups is 1. The number of ether oxygens (including phenoxy) is 1. The second-order valence-corrected chi connectivity index (χ2v) is 5.60. The van der Waals surface area contributed by atoms with E-state index in [-0.39, 0.29) is 6.61 Å². The second kappa shape index (κ2) is 8.83. The van der Waals surface area contributed by atoms with E-state index in [9.17, 15) is 36.0 Å². The van der Waals surface area contributed by atoms with E-state index < -0.39 is 51.7 Å². The van der Waals surface area contributed by atoms with Crippen LogP contribution in [0.5, 0.6) is 0 Å². The first-order chi connectivity index (χ1) is 12.3. The lowest BCUT2D eigenvalue weighted by Crippen LogP contribution is -2.42. The first-order valence-electron chi connectivity index (χ1n) is 6.85. The summed E-state index contributed by atoms with van der Waals surface area (Å²) in [6.07, 6.45) is -10.1. The lowest BCUT2D eigenvalue weighted by molar-refractivity contribution is -0.168. The standard InChI is InChI=1S/C13H9Cl2F6N3O3/c1-2-27-11(25)9(24-26)10(13(19,20)21)23-22-8-6(14)3-5(4-7(8)15)12(16,17)18/h3-4,9-10H,2H2,1H3. The number of hydrogen-bond donors (Lipinski definition) is 0. The number of halogens is 8. The number of hydrogen-bond acceptors (Lipinski definition) is 6. The number of azo groups is 1. The van der Waals surface area contributed by atoms with Gasteiger partial charge >= 0.3 is 18.3 Å². The van der Waals surface area contributed by atoms with E-state index in [1.165, 1.54) is 6.92 Å². The fourth-order valence-corrected chi connectivity index (χ4v) is 2.27. The van der Waals surface area contributed by atoms with Crippen LogP contribution in [0.4, 0.5) is 32.0 Å². The molecule has 0 aliphatic carbocycles. The van der Waals surface area contributed by atoms with Crippen molar-refractivity contribution in [2.75, 3.05) is 6.61 Å². The van der Waals surface area contributed by atoms with Gasteiger partial charge in [0.15, 0.2) is 0 Å². The molecule has 1 rings (SSSR count). The fourth-order valence-electron chi connectivity index (χ4n) is 1.71. The van der Waals surface area contributed by atoms with E-state index in [0.29, 0.717) is 12.1 Å². The maximum absolute atomic E-state index is 13.1. The Morgan fingerprint density at radius 3 is 2.04 bits per heavy atom. The highest BCUT2D eigenvalue weighted by Gasteiger charge is 2.50. The smallest absolute Gasteiger partial charge is 0.416 e. The number of nitrogens with zero attached hydrogens (tertiary/aromatic N) is 3. The summed E-state index contributed by atoms with van der Waals surface area (Å²) in [4.78, 5) is 22.1. The van der Waals surface area contributed by atoms with Crippen molar-refractivity contribution < 1.29 is 35.9 Å². The maximum Gasteiger partial charge on any atom is 0.416 e. The number of benzene rings is 1. The third kappa shape index (κ3) is 6.03. The summed E-state index contributed by atoms with van der Waals surface area (Å²) in [5, 5.41) is 6.46. The Balaban J connectivity index is 3.33. The molecule has 150 valence electrons. The minimum Gasteiger partial charge on any atom is -0.464 e. The molecule has 0 bridgehead atoms. The lowest BCUT2D eigenvalue weighted by Gasteiger charge is -2.18. The molecule has 0 fully saturated rings. The van der Waals surface area contributed by atoms with Crippen molar-refractivity contribution >= 4 is 34.9 Å². The van der Waals surface area contributed by atoms with E-state index in [2.05, 4.69) is 20.1 Å². The molecule has 0 saturated carbocycles. The third-order valence-electron chi connectivity index (χ3n) is 2.90. The average Bonchev–Trinajstić information content (AvgIpc) is 2.51. The molecule has 0 radical (unpaired) electrons. The van der Waals surface area contributed by atoms with Crippen LogP contribution in [0.2, 0.25) is 10.0 Å². The summed E-state index contributed by atoms with van der Waals surface area (Å²) in [5.41, 5.74) is -1.98. The van der Waals surface area contributed by atoms with Gasteiger partial charge in [-0.2, -0.15) is 36.6 Å². The quantitative estimate of drug-likeness (QED) is 0.246. The fraction of sp³-hybridized carbons (Fsp3) is 0.462. The molecule has 27 heavy (non-hydrogen) atoms. The Morgan fingerprint density at radius 2 is 1.67 bits per heavy atom. The molecule has 2 atom stereocenters. The SMILES string of the molecule is CCOC(=O)C(N=O)C(N=Nc1c(Cl)cc(C(F)(F)F)cc1Cl)C(F)(F)F. The predicted molar refractivity (Wildman–Crippen MR) is 82.0 cm³/mol. The van der Waals surface area contributed by atoms with Crippen molar-refractivity contribution in [2.24, 2.45) is 15.4 Å². The third-order valence-corrected chi connectivity index (χ3v) is 3.48. The summed E-state index contributed by atoms with van der Waals surface area (Å²) in [6, 6.07) is -4.90. The van der Waals surface area contributed by atoms with Crippen molar-refractivity contribution in [3.8, 4) is 0 Å². The van der Waals surface area contributed by atoms with Crippen molar-refractivity contribution in [1.29, 1.82) is 0 Å². The van der Waals surface area contributed by atoms with Crippen LogP contribution in [-0.4, -0.2) is 30.8 Å². The number of rotatable bonds is 6. The first-order valence-corrected chi connectivity index (χ1v) is 7.61. The topological polar surface area (TPSA) is 80.5 Å². The molecular weight excluding hydrogens is 431 g/mol. The van der Waals surface area contributed by atoms with Gasteiger partial charge in [-0.25, -0.2) is 4.79 Å². The van der Waals surface area contributed by atoms with Crippen LogP contribution in [0, 0.1) is 4.91 Å². The van der Waals surface area contributed by atoms with Gasteiger partial charge in [-0.15, -0.1) is 4.91 Å². The van der Waals surface area contributed by atoms with Gasteiger partial charge < -0.3 is 4.74 Å². The Morgan fingerprint density at radius 1 is 1.15 bits per heavy atom. The molecule has 0 amide bonds. The number of alkyl halides is 6. The Labute approximate surface area is 157 Å². The Kier molecular flexibility index (Phi) is 7.55. The highest BCUT2D eigenvalue weighted by Crippen LogP contribution is 2.40. The van der Waals surface area contributed by atoms with Crippen molar-refractivity contribution in [1.82, 2.24) is 0 Å². The molecular formula is C13H9Cl2F6N3O3. The minimum atomic E-state index is -5.25. The highest BCUT2D eigenvalue weighted by atomic mass is 35.5. The van der Waals surface area contributed by atoms with E-state index in [4.69, 9.17) is 23.2 Å². The molecule has 14 heteroatoms. The van der Waals surface area contributed by atoms with Crippen LogP contribution in [0.3, 0.4) is 0 Å². The average molecular weight is 440 g/mol. The van der Waals surface area contributed by atoms with Crippen LogP contribution in [0.25, 0.3) is 0 Å². The summed E-state index contributed by atoms with van der Waals surface area (Å²) in [5.74, 6) is -1.60. The number of nitroso groups, excluding NO2 is 1. The molecule has 0 aliphatic rings. The monoisotopic (exact) mass is 439 g/mol. The maximum atomic E-state index is 13.1. The number of carbonyl (C=O) groups excluding carboxylic acids is 1. The molecule has 0 heterocycles. The number of esters is 1. The zero-order valence-electron chi connectivity index (χ0n) is 13.1. The molecule has 0 saturated heterocycles. The van der Waals surface area contributed by atoms with Crippen LogP contribution in [0.15, 0.2) is 27.5 Å².